The molecule has 0 radical (unpaired) electrons. The van der Waals surface area contributed by atoms with Crippen molar-refractivity contribution in [2.45, 2.75) is 55.4 Å². The van der Waals surface area contributed by atoms with Crippen molar-refractivity contribution in [1.29, 1.82) is 0 Å². The number of hydrogen-bond donors (Lipinski definition) is 0. The highest BCUT2D eigenvalue weighted by molar-refractivity contribution is 6.12. The van der Waals surface area contributed by atoms with Crippen LogP contribution < -0.4 is 0 Å². The monoisotopic (exact) mass is 836 g/mol. The Morgan fingerprint density at radius 1 is 0.250 bits per heavy atom. The van der Waals surface area contributed by atoms with Crippen molar-refractivity contribution in [2.75, 3.05) is 0 Å². The van der Waals surface area contributed by atoms with Crippen molar-refractivity contribution in [3.05, 3.63) is 190 Å². The minimum Gasteiger partial charge on any atom is -0.344 e. The summed E-state index contributed by atoms with van der Waals surface area (Å²) in [7, 11) is 8.58. The Kier molecular flexibility index (Phi) is 11.0. The van der Waals surface area contributed by atoms with Crippen molar-refractivity contribution >= 4 is 87.2 Å². The van der Waals surface area contributed by atoms with Gasteiger partial charge in [-0.1, -0.05) is 108 Å². The largest absolute Gasteiger partial charge is 0.344 e. The van der Waals surface area contributed by atoms with E-state index in [1.54, 1.807) is 0 Å². The molecular weight excluding hydrogens is 777 g/mol. The molecule has 0 atom stereocenters. The Labute approximate surface area is 377 Å². The third-order valence-corrected chi connectivity index (χ3v) is 13.5. The molecule has 0 fully saturated rings. The van der Waals surface area contributed by atoms with Gasteiger partial charge in [-0.2, -0.15) is 0 Å². The molecule has 12 aromatic rings. The van der Waals surface area contributed by atoms with Crippen LogP contribution in [0.1, 0.15) is 44.5 Å². The van der Waals surface area contributed by atoms with Gasteiger partial charge in [0.1, 0.15) is 0 Å². The first-order valence-corrected chi connectivity index (χ1v) is 22.5. The van der Waals surface area contributed by atoms with Crippen LogP contribution >= 0.6 is 0 Å². The number of aryl methyl sites for hydroxylation is 12. The van der Waals surface area contributed by atoms with Crippen LogP contribution in [0.25, 0.3) is 87.2 Å². The van der Waals surface area contributed by atoms with E-state index in [1.807, 2.05) is 0 Å². The molecule has 0 aliphatic heterocycles. The highest BCUT2D eigenvalue weighted by Crippen LogP contribution is 2.34. The molecule has 320 valence electrons. The zero-order valence-corrected chi connectivity index (χ0v) is 39.6. The van der Waals surface area contributed by atoms with Crippen molar-refractivity contribution in [2.24, 2.45) is 28.2 Å². The first kappa shape index (κ1) is 42.3. The van der Waals surface area contributed by atoms with Crippen molar-refractivity contribution in [3.63, 3.8) is 0 Å². The predicted octanol–water partition coefficient (Wildman–Crippen LogP) is 15.8. The van der Waals surface area contributed by atoms with Gasteiger partial charge in [-0.25, -0.2) is 0 Å². The average molecular weight is 837 g/mol. The summed E-state index contributed by atoms with van der Waals surface area (Å²) in [6.07, 6.45) is 0. The zero-order valence-electron chi connectivity index (χ0n) is 39.6. The molecule has 4 heterocycles. The lowest BCUT2D eigenvalue weighted by Gasteiger charge is -2.02. The summed E-state index contributed by atoms with van der Waals surface area (Å²) < 4.78 is 9.15. The van der Waals surface area contributed by atoms with Crippen LogP contribution in [-0.4, -0.2) is 18.3 Å². The first-order valence-electron chi connectivity index (χ1n) is 22.5. The van der Waals surface area contributed by atoms with E-state index in [0.29, 0.717) is 0 Å². The van der Waals surface area contributed by atoms with Crippen LogP contribution in [0, 0.1) is 55.4 Å². The van der Waals surface area contributed by atoms with Crippen molar-refractivity contribution < 1.29 is 0 Å². The number of para-hydroxylation sites is 2. The number of benzene rings is 8. The van der Waals surface area contributed by atoms with Crippen LogP contribution in [-0.2, 0) is 28.2 Å². The highest BCUT2D eigenvalue weighted by Gasteiger charge is 2.13. The standard InChI is InChI=1S/4C15H15N/c1-10-4-6-14-12(8-10)13-9-11(2)5-7-15(13)16(14)3;1-10-4-6-12-13-7-5-11(2)9-15(13)16(3)14(12)8-10;1-10-6-4-8-12-14(10)15-11(2)7-5-9-13(15)16(12)3;1-10-6-4-8-12-13-9-5-7-11(2)15(13)16(3)14(10)12/h4*4-9H,1-3H3. The Bertz CT molecular complexity index is 3510. The summed E-state index contributed by atoms with van der Waals surface area (Å²) in [5, 5.41) is 11.0. The minimum atomic E-state index is 1.31. The smallest absolute Gasteiger partial charge is 0.0518 e. The lowest BCUT2D eigenvalue weighted by atomic mass is 10.0. The molecule has 0 unspecified atom stereocenters. The van der Waals surface area contributed by atoms with Crippen LogP contribution in [0.3, 0.4) is 0 Å². The third-order valence-electron chi connectivity index (χ3n) is 13.5. The fourth-order valence-corrected chi connectivity index (χ4v) is 10.3. The Morgan fingerprint density at radius 3 is 1.03 bits per heavy atom. The SMILES string of the molecule is Cc1ccc2c(c1)c1cc(C)ccc1n2C.Cc1ccc2c3ccc(C)cc3n(C)c2c1.Cc1cccc2c1c1c(C)cccc1n2C.Cc1cccc2c3cccc(C)c3n(C)c12. The second-order valence-corrected chi connectivity index (χ2v) is 18.2. The number of nitrogens with zero attached hydrogens (tertiary/aromatic N) is 4. The maximum atomic E-state index is 2.31. The Balaban J connectivity index is 0.000000108. The predicted molar refractivity (Wildman–Crippen MR) is 280 cm³/mol. The van der Waals surface area contributed by atoms with Gasteiger partial charge >= 0.3 is 0 Å². The van der Waals surface area contributed by atoms with Gasteiger partial charge in [0.15, 0.2) is 0 Å². The first-order chi connectivity index (χ1) is 30.7. The maximum Gasteiger partial charge on any atom is 0.0518 e. The highest BCUT2D eigenvalue weighted by atomic mass is 15.0. The second kappa shape index (κ2) is 16.6. The van der Waals surface area contributed by atoms with Crippen LogP contribution in [0.5, 0.6) is 0 Å². The maximum absolute atomic E-state index is 2.31. The molecule has 0 aliphatic rings. The van der Waals surface area contributed by atoms with Gasteiger partial charge in [-0.3, -0.25) is 0 Å². The van der Waals surface area contributed by atoms with E-state index in [2.05, 4.69) is 247 Å². The average Bonchev–Trinajstić information content (AvgIpc) is 3.94. The summed E-state index contributed by atoms with van der Waals surface area (Å²) in [6, 6.07) is 52.7. The van der Waals surface area contributed by atoms with Gasteiger partial charge in [0.05, 0.1) is 11.0 Å². The molecule has 4 nitrogen and oxygen atoms in total. The number of rotatable bonds is 0. The van der Waals surface area contributed by atoms with Crippen LogP contribution in [0.4, 0.5) is 0 Å². The normalized spacial score (nSPS) is 11.4. The fourth-order valence-electron chi connectivity index (χ4n) is 10.3. The third kappa shape index (κ3) is 7.21. The van der Waals surface area contributed by atoms with Gasteiger partial charge in [-0.05, 0) is 137 Å². The summed E-state index contributed by atoms with van der Waals surface area (Å²) in [5.41, 5.74) is 21.3. The molecule has 64 heavy (non-hydrogen) atoms. The summed E-state index contributed by atoms with van der Waals surface area (Å²) in [4.78, 5) is 0. The van der Waals surface area contributed by atoms with E-state index < -0.39 is 0 Å². The van der Waals surface area contributed by atoms with Gasteiger partial charge in [0.25, 0.3) is 0 Å². The minimum absolute atomic E-state index is 1.31. The van der Waals surface area contributed by atoms with Gasteiger partial charge in [-0.15, -0.1) is 0 Å². The topological polar surface area (TPSA) is 19.7 Å². The van der Waals surface area contributed by atoms with E-state index >= 15 is 0 Å². The molecule has 0 bridgehead atoms. The molecule has 4 heteroatoms. The summed E-state index contributed by atoms with van der Waals surface area (Å²) in [6.45, 7) is 17.3. The van der Waals surface area contributed by atoms with Crippen LogP contribution in [0.15, 0.2) is 146 Å². The van der Waals surface area contributed by atoms with Gasteiger partial charge in [0, 0.05) is 104 Å². The summed E-state index contributed by atoms with van der Waals surface area (Å²) >= 11 is 0. The molecule has 4 aromatic heterocycles. The second-order valence-electron chi connectivity index (χ2n) is 18.2. The number of aromatic nitrogens is 4. The molecule has 0 spiro atoms. The molecule has 0 amide bonds. The quantitative estimate of drug-likeness (QED) is 0.145. The van der Waals surface area contributed by atoms with E-state index in [1.165, 1.54) is 132 Å². The van der Waals surface area contributed by atoms with Gasteiger partial charge in [0.2, 0.25) is 0 Å². The lowest BCUT2D eigenvalue weighted by molar-refractivity contribution is 1.00. The summed E-state index contributed by atoms with van der Waals surface area (Å²) in [5.74, 6) is 0. The fraction of sp³-hybridized carbons (Fsp3) is 0.200. The Morgan fingerprint density at radius 2 is 0.594 bits per heavy atom. The lowest BCUT2D eigenvalue weighted by Crippen LogP contribution is -1.90. The molecule has 0 saturated carbocycles. The van der Waals surface area contributed by atoms with Crippen molar-refractivity contribution in [1.82, 2.24) is 18.3 Å². The molecule has 0 aliphatic carbocycles. The molecule has 8 aromatic carbocycles. The zero-order chi connectivity index (χ0) is 45.1. The molecule has 12 rings (SSSR count). The van der Waals surface area contributed by atoms with E-state index in [0.717, 1.165) is 0 Å². The Hall–Kier alpha value is -7.04. The number of fused-ring (bicyclic) bond motifs is 12. The van der Waals surface area contributed by atoms with E-state index in [-0.39, 0.29) is 0 Å². The van der Waals surface area contributed by atoms with Crippen molar-refractivity contribution in [3.8, 4) is 0 Å². The number of hydrogen-bond acceptors (Lipinski definition) is 0. The van der Waals surface area contributed by atoms with E-state index in [4.69, 9.17) is 0 Å². The molecule has 0 N–H and O–H groups in total. The molecular formula is C60H60N4. The van der Waals surface area contributed by atoms with Gasteiger partial charge < -0.3 is 18.3 Å². The molecule has 0 saturated heterocycles. The van der Waals surface area contributed by atoms with E-state index in [9.17, 15) is 0 Å². The van der Waals surface area contributed by atoms with Crippen LogP contribution in [0.2, 0.25) is 0 Å².